The molecule has 39 heavy (non-hydrogen) atoms. The second kappa shape index (κ2) is 13.5. The molecule has 0 fully saturated rings. The number of Topliss-reactive ketones (excluding diaryl/α,β-unsaturated/α-hetero) is 1. The van der Waals surface area contributed by atoms with Crippen LogP contribution in [0.2, 0.25) is 0 Å². The number of nitrogens with zero attached hydrogens (tertiary/aromatic N) is 3. The lowest BCUT2D eigenvalue weighted by Gasteiger charge is -2.24. The van der Waals surface area contributed by atoms with Gasteiger partial charge in [-0.25, -0.2) is 0 Å². The Bertz CT molecular complexity index is 1340. The lowest BCUT2D eigenvalue weighted by Crippen LogP contribution is -2.32. The number of ketones is 1. The van der Waals surface area contributed by atoms with E-state index >= 15 is 0 Å². The summed E-state index contributed by atoms with van der Waals surface area (Å²) in [5.74, 6) is -1.51. The van der Waals surface area contributed by atoms with Gasteiger partial charge in [-0.05, 0) is 80.6 Å². The first-order chi connectivity index (χ1) is 18.5. The van der Waals surface area contributed by atoms with Crippen LogP contribution in [0.1, 0.15) is 67.3 Å². The minimum absolute atomic E-state index is 0.00986. The molecule has 208 valence electrons. The van der Waals surface area contributed by atoms with Crippen molar-refractivity contribution in [3.63, 3.8) is 0 Å². The van der Waals surface area contributed by atoms with Crippen LogP contribution in [0.15, 0.2) is 59.8 Å². The fraction of sp³-hybridized carbons (Fsp3) is 0.438. The first-order valence-electron chi connectivity index (χ1n) is 13.6. The lowest BCUT2D eigenvalue weighted by atomic mass is 9.86. The van der Waals surface area contributed by atoms with Crippen LogP contribution in [0.3, 0.4) is 0 Å². The highest BCUT2D eigenvalue weighted by atomic mass is 16.4. The minimum Gasteiger partial charge on any atom is -0.481 e. The molecule has 2 atom stereocenters. The summed E-state index contributed by atoms with van der Waals surface area (Å²) in [6.45, 7) is 8.94. The maximum absolute atomic E-state index is 13.9. The molecule has 1 aromatic carbocycles. The number of aliphatic carboxylic acids is 1. The molecule has 2 heterocycles. The molecule has 0 spiro atoms. The molecular formula is C32H41N3O4. The van der Waals surface area contributed by atoms with Gasteiger partial charge in [0.2, 0.25) is 0 Å². The number of carbonyl (C=O) groups excluding carboxylic acids is 1. The SMILES string of the molecule is Cc1cccc(C)c1-c1cncc([C@H](CC(=O)O)CC(=O)C(CC(C)C)n2cc(CCN(C)C)ccc2=O)c1. The zero-order valence-corrected chi connectivity index (χ0v) is 24.0. The van der Waals surface area contributed by atoms with Crippen molar-refractivity contribution in [1.82, 2.24) is 14.5 Å². The van der Waals surface area contributed by atoms with E-state index in [-0.39, 0.29) is 30.1 Å². The van der Waals surface area contributed by atoms with Crippen LogP contribution in [0, 0.1) is 19.8 Å². The summed E-state index contributed by atoms with van der Waals surface area (Å²) in [5.41, 5.74) is 5.63. The average Bonchev–Trinajstić information content (AvgIpc) is 2.86. The van der Waals surface area contributed by atoms with E-state index in [9.17, 15) is 19.5 Å². The van der Waals surface area contributed by atoms with Gasteiger partial charge in [0, 0.05) is 49.1 Å². The smallest absolute Gasteiger partial charge is 0.303 e. The molecule has 1 N–H and O–H groups in total. The zero-order chi connectivity index (χ0) is 28.7. The zero-order valence-electron chi connectivity index (χ0n) is 24.0. The largest absolute Gasteiger partial charge is 0.481 e. The Morgan fingerprint density at radius 3 is 2.33 bits per heavy atom. The summed E-state index contributed by atoms with van der Waals surface area (Å²) in [6, 6.07) is 10.7. The monoisotopic (exact) mass is 531 g/mol. The quantitative estimate of drug-likeness (QED) is 0.316. The number of rotatable bonds is 13. The summed E-state index contributed by atoms with van der Waals surface area (Å²) in [5, 5.41) is 9.73. The number of likely N-dealkylation sites (N-methyl/N-ethyl adjacent to an activating group) is 1. The predicted molar refractivity (Wildman–Crippen MR) is 155 cm³/mol. The first kappa shape index (κ1) is 30.0. The maximum Gasteiger partial charge on any atom is 0.303 e. The van der Waals surface area contributed by atoms with Crippen LogP contribution in [0.4, 0.5) is 0 Å². The van der Waals surface area contributed by atoms with E-state index in [0.717, 1.165) is 40.8 Å². The van der Waals surface area contributed by atoms with Gasteiger partial charge in [0.15, 0.2) is 5.78 Å². The molecule has 3 rings (SSSR count). The van der Waals surface area contributed by atoms with Crippen molar-refractivity contribution in [3.8, 4) is 11.1 Å². The third kappa shape index (κ3) is 8.20. The van der Waals surface area contributed by atoms with E-state index in [1.807, 2.05) is 72.1 Å². The predicted octanol–water partition coefficient (Wildman–Crippen LogP) is 5.44. The third-order valence-electron chi connectivity index (χ3n) is 7.12. The van der Waals surface area contributed by atoms with Crippen LogP contribution in [-0.2, 0) is 16.0 Å². The molecule has 0 aliphatic heterocycles. The summed E-state index contributed by atoms with van der Waals surface area (Å²) >= 11 is 0. The minimum atomic E-state index is -0.978. The molecule has 0 aliphatic rings. The molecule has 0 aliphatic carbocycles. The number of carboxylic acids is 1. The van der Waals surface area contributed by atoms with Crippen LogP contribution >= 0.6 is 0 Å². The number of hydrogen-bond acceptors (Lipinski definition) is 5. The Labute approximate surface area is 231 Å². The maximum atomic E-state index is 13.9. The summed E-state index contributed by atoms with van der Waals surface area (Å²) in [4.78, 5) is 45.2. The highest BCUT2D eigenvalue weighted by Gasteiger charge is 2.28. The molecule has 0 saturated heterocycles. The van der Waals surface area contributed by atoms with Gasteiger partial charge in [0.1, 0.15) is 0 Å². The number of aryl methyl sites for hydroxylation is 2. The lowest BCUT2D eigenvalue weighted by molar-refractivity contribution is -0.137. The number of aromatic nitrogens is 2. The van der Waals surface area contributed by atoms with Crippen molar-refractivity contribution in [2.45, 2.75) is 65.3 Å². The van der Waals surface area contributed by atoms with Gasteiger partial charge >= 0.3 is 5.97 Å². The molecule has 7 heteroatoms. The number of carboxylic acid groups (broad SMARTS) is 1. The Hall–Kier alpha value is -3.58. The van der Waals surface area contributed by atoms with E-state index in [1.54, 1.807) is 23.2 Å². The number of benzene rings is 1. The van der Waals surface area contributed by atoms with Gasteiger partial charge in [-0.1, -0.05) is 38.1 Å². The number of pyridine rings is 2. The first-order valence-corrected chi connectivity index (χ1v) is 13.6. The number of carbonyl (C=O) groups is 2. The van der Waals surface area contributed by atoms with Crippen LogP contribution in [0.25, 0.3) is 11.1 Å². The van der Waals surface area contributed by atoms with Crippen molar-refractivity contribution in [2.24, 2.45) is 5.92 Å². The molecule has 2 aromatic heterocycles. The van der Waals surface area contributed by atoms with E-state index in [4.69, 9.17) is 0 Å². The van der Waals surface area contributed by atoms with Gasteiger partial charge < -0.3 is 14.6 Å². The fourth-order valence-corrected chi connectivity index (χ4v) is 5.13. The Kier molecular flexibility index (Phi) is 10.4. The van der Waals surface area contributed by atoms with E-state index in [0.29, 0.717) is 12.0 Å². The molecule has 0 amide bonds. The van der Waals surface area contributed by atoms with Crippen molar-refractivity contribution >= 4 is 11.8 Å². The molecule has 7 nitrogen and oxygen atoms in total. The molecular weight excluding hydrogens is 490 g/mol. The van der Waals surface area contributed by atoms with E-state index in [2.05, 4.69) is 9.88 Å². The van der Waals surface area contributed by atoms with Crippen LogP contribution < -0.4 is 5.56 Å². The van der Waals surface area contributed by atoms with E-state index < -0.39 is 17.9 Å². The third-order valence-corrected chi connectivity index (χ3v) is 7.12. The van der Waals surface area contributed by atoms with Crippen molar-refractivity contribution < 1.29 is 14.7 Å². The molecule has 3 aromatic rings. The van der Waals surface area contributed by atoms with Gasteiger partial charge in [0.25, 0.3) is 5.56 Å². The van der Waals surface area contributed by atoms with Crippen LogP contribution in [-0.4, -0.2) is 52.0 Å². The fourth-order valence-electron chi connectivity index (χ4n) is 5.13. The topological polar surface area (TPSA) is 92.5 Å². The summed E-state index contributed by atoms with van der Waals surface area (Å²) in [6.07, 6.45) is 6.30. The van der Waals surface area contributed by atoms with Gasteiger partial charge in [-0.2, -0.15) is 0 Å². The molecule has 0 saturated carbocycles. The van der Waals surface area contributed by atoms with E-state index in [1.165, 1.54) is 6.07 Å². The second-order valence-electron chi connectivity index (χ2n) is 11.2. The van der Waals surface area contributed by atoms with Gasteiger partial charge in [-0.15, -0.1) is 0 Å². The normalized spacial score (nSPS) is 13.0. The van der Waals surface area contributed by atoms with Gasteiger partial charge in [-0.3, -0.25) is 19.4 Å². The Balaban J connectivity index is 1.97. The Morgan fingerprint density at radius 2 is 1.72 bits per heavy atom. The molecule has 0 radical (unpaired) electrons. The summed E-state index contributed by atoms with van der Waals surface area (Å²) in [7, 11) is 3.99. The van der Waals surface area contributed by atoms with Crippen molar-refractivity contribution in [3.05, 3.63) is 87.6 Å². The summed E-state index contributed by atoms with van der Waals surface area (Å²) < 4.78 is 1.55. The molecule has 0 bridgehead atoms. The van der Waals surface area contributed by atoms with Crippen molar-refractivity contribution in [2.75, 3.05) is 20.6 Å². The number of hydrogen-bond donors (Lipinski definition) is 1. The highest BCUT2D eigenvalue weighted by molar-refractivity contribution is 5.84. The van der Waals surface area contributed by atoms with Crippen LogP contribution in [0.5, 0.6) is 0 Å². The standard InChI is InChI=1S/C32H41N3O4/c1-21(2)14-28(35-20-24(10-11-30(35)37)12-13-34(5)6)29(36)16-25(17-31(38)39)26-15-27(19-33-18-26)32-22(3)8-7-9-23(32)4/h7-11,15,18-21,25,28H,12-14,16-17H2,1-6H3,(H,38,39)/t25-,28?/m0/s1. The molecule has 1 unspecified atom stereocenters. The highest BCUT2D eigenvalue weighted by Crippen LogP contribution is 2.32. The second-order valence-corrected chi connectivity index (χ2v) is 11.2. The van der Waals surface area contributed by atoms with Crippen molar-refractivity contribution in [1.29, 1.82) is 0 Å². The van der Waals surface area contributed by atoms with Gasteiger partial charge in [0.05, 0.1) is 12.5 Å². The Morgan fingerprint density at radius 1 is 1.03 bits per heavy atom. The average molecular weight is 532 g/mol.